The van der Waals surface area contributed by atoms with Gasteiger partial charge < -0.3 is 4.74 Å². The molecule has 108 valence electrons. The zero-order valence-electron chi connectivity index (χ0n) is 11.3. The molecule has 1 atom stereocenters. The average molecular weight is 289 g/mol. The van der Waals surface area contributed by atoms with Crippen LogP contribution in [0.4, 0.5) is 14.5 Å². The maximum Gasteiger partial charge on any atom is 0.258 e. The van der Waals surface area contributed by atoms with Crippen molar-refractivity contribution in [1.29, 1.82) is 0 Å². The minimum Gasteiger partial charge on any atom is -0.489 e. The van der Waals surface area contributed by atoms with Crippen LogP contribution in [0, 0.1) is 11.6 Å². The molecule has 21 heavy (non-hydrogen) atoms. The van der Waals surface area contributed by atoms with Gasteiger partial charge in [0, 0.05) is 5.56 Å². The van der Waals surface area contributed by atoms with Crippen LogP contribution in [0.5, 0.6) is 5.75 Å². The smallest absolute Gasteiger partial charge is 0.258 e. The minimum absolute atomic E-state index is 0.109. The van der Waals surface area contributed by atoms with E-state index in [0.717, 1.165) is 12.1 Å². The van der Waals surface area contributed by atoms with Crippen LogP contribution in [0.1, 0.15) is 17.3 Å². The van der Waals surface area contributed by atoms with E-state index in [-0.39, 0.29) is 17.5 Å². The van der Waals surface area contributed by atoms with Gasteiger partial charge in [-0.3, -0.25) is 9.69 Å². The minimum atomic E-state index is -1.03. The van der Waals surface area contributed by atoms with E-state index < -0.39 is 11.6 Å². The number of rotatable bonds is 1. The van der Waals surface area contributed by atoms with Crippen LogP contribution in [0.2, 0.25) is 0 Å². The third-order valence-electron chi connectivity index (χ3n) is 3.43. The molecular formula is C16H13F2NO2. The fraction of sp³-hybridized carbons (Fsp3) is 0.188. The van der Waals surface area contributed by atoms with Crippen LogP contribution in [-0.4, -0.2) is 18.6 Å². The van der Waals surface area contributed by atoms with E-state index in [1.165, 1.54) is 6.07 Å². The van der Waals surface area contributed by atoms with Crippen molar-refractivity contribution in [1.82, 2.24) is 0 Å². The largest absolute Gasteiger partial charge is 0.489 e. The summed E-state index contributed by atoms with van der Waals surface area (Å²) in [4.78, 5) is 14.2. The van der Waals surface area contributed by atoms with E-state index in [1.807, 2.05) is 13.0 Å². The van der Waals surface area contributed by atoms with Gasteiger partial charge in [0.2, 0.25) is 0 Å². The molecule has 0 fully saturated rings. The van der Waals surface area contributed by atoms with Crippen molar-refractivity contribution in [3.8, 4) is 5.75 Å². The molecule has 2 aromatic rings. The number of ether oxygens (including phenoxy) is 1. The van der Waals surface area contributed by atoms with Crippen molar-refractivity contribution < 1.29 is 18.3 Å². The lowest BCUT2D eigenvalue weighted by Gasteiger charge is -2.35. The third-order valence-corrected chi connectivity index (χ3v) is 3.43. The van der Waals surface area contributed by atoms with Crippen LogP contribution < -0.4 is 9.64 Å². The van der Waals surface area contributed by atoms with Crippen molar-refractivity contribution in [3.05, 3.63) is 59.7 Å². The highest BCUT2D eigenvalue weighted by Gasteiger charge is 2.30. The number of carbonyl (C=O) groups is 1. The molecule has 3 rings (SSSR count). The highest BCUT2D eigenvalue weighted by Crippen LogP contribution is 2.34. The molecule has 0 radical (unpaired) electrons. The second-order valence-corrected chi connectivity index (χ2v) is 4.93. The number of halogens is 2. The van der Waals surface area contributed by atoms with Crippen molar-refractivity contribution in [2.45, 2.75) is 13.0 Å². The maximum atomic E-state index is 13.3. The van der Waals surface area contributed by atoms with Gasteiger partial charge in [-0.1, -0.05) is 12.1 Å². The standard InChI is InChI=1S/C16H13F2NO2/c1-10-9-21-15-5-3-2-4-14(15)19(10)16(20)11-6-7-12(17)13(18)8-11/h2-8,10H,9H2,1H3. The lowest BCUT2D eigenvalue weighted by Crippen LogP contribution is -2.45. The number of para-hydroxylation sites is 2. The van der Waals surface area contributed by atoms with Gasteiger partial charge >= 0.3 is 0 Å². The molecule has 0 spiro atoms. The van der Waals surface area contributed by atoms with Crippen LogP contribution in [0.15, 0.2) is 42.5 Å². The second-order valence-electron chi connectivity index (χ2n) is 4.93. The molecule has 1 unspecified atom stereocenters. The maximum absolute atomic E-state index is 13.3. The fourth-order valence-corrected chi connectivity index (χ4v) is 2.38. The summed E-state index contributed by atoms with van der Waals surface area (Å²) < 4.78 is 31.9. The predicted octanol–water partition coefficient (Wildman–Crippen LogP) is 3.39. The number of hydrogen-bond acceptors (Lipinski definition) is 2. The molecule has 1 amide bonds. The molecule has 1 aliphatic rings. The van der Waals surface area contributed by atoms with Gasteiger partial charge in [0.15, 0.2) is 11.6 Å². The number of anilines is 1. The summed E-state index contributed by atoms with van der Waals surface area (Å²) in [5.41, 5.74) is 0.739. The van der Waals surface area contributed by atoms with Crippen LogP contribution in [0.3, 0.4) is 0 Å². The first-order valence-electron chi connectivity index (χ1n) is 6.58. The van der Waals surface area contributed by atoms with Gasteiger partial charge in [-0.2, -0.15) is 0 Å². The topological polar surface area (TPSA) is 29.5 Å². The average Bonchev–Trinajstić information content (AvgIpc) is 2.49. The molecule has 0 N–H and O–H groups in total. The third kappa shape index (κ3) is 2.35. The fourth-order valence-electron chi connectivity index (χ4n) is 2.38. The molecule has 0 saturated carbocycles. The van der Waals surface area contributed by atoms with Gasteiger partial charge in [-0.15, -0.1) is 0 Å². The Balaban J connectivity index is 2.02. The van der Waals surface area contributed by atoms with Gasteiger partial charge in [-0.25, -0.2) is 8.78 Å². The van der Waals surface area contributed by atoms with E-state index in [0.29, 0.717) is 18.0 Å². The lowest BCUT2D eigenvalue weighted by molar-refractivity contribution is 0.0960. The zero-order valence-corrected chi connectivity index (χ0v) is 11.3. The summed E-state index contributed by atoms with van der Waals surface area (Å²) in [6, 6.07) is 10.1. The predicted molar refractivity (Wildman–Crippen MR) is 74.6 cm³/mol. The molecule has 1 heterocycles. The Bertz CT molecular complexity index is 702. The molecule has 0 bridgehead atoms. The van der Waals surface area contributed by atoms with Crippen molar-refractivity contribution in [2.75, 3.05) is 11.5 Å². The first-order chi connectivity index (χ1) is 10.1. The Morgan fingerprint density at radius 3 is 2.71 bits per heavy atom. The summed E-state index contributed by atoms with van der Waals surface area (Å²) in [5.74, 6) is -1.78. The number of nitrogens with zero attached hydrogens (tertiary/aromatic N) is 1. The van der Waals surface area contributed by atoms with E-state index >= 15 is 0 Å². The Morgan fingerprint density at radius 1 is 1.19 bits per heavy atom. The Kier molecular flexibility index (Phi) is 3.33. The first-order valence-corrected chi connectivity index (χ1v) is 6.58. The highest BCUT2D eigenvalue weighted by molar-refractivity contribution is 6.07. The molecule has 3 nitrogen and oxygen atoms in total. The summed E-state index contributed by atoms with van der Waals surface area (Å²) in [5, 5.41) is 0. The molecule has 5 heteroatoms. The molecule has 2 aromatic carbocycles. The monoisotopic (exact) mass is 289 g/mol. The van der Waals surface area contributed by atoms with E-state index in [4.69, 9.17) is 4.74 Å². The van der Waals surface area contributed by atoms with Crippen LogP contribution >= 0.6 is 0 Å². The molecule has 0 aliphatic carbocycles. The summed E-state index contributed by atoms with van der Waals surface area (Å²) in [7, 11) is 0. The quantitative estimate of drug-likeness (QED) is 0.805. The SMILES string of the molecule is CC1COc2ccccc2N1C(=O)c1ccc(F)c(F)c1. The molecule has 0 aromatic heterocycles. The number of benzene rings is 2. The van der Waals surface area contributed by atoms with Crippen molar-refractivity contribution in [3.63, 3.8) is 0 Å². The van der Waals surface area contributed by atoms with E-state index in [9.17, 15) is 13.6 Å². The Labute approximate surface area is 120 Å². The normalized spacial score (nSPS) is 17.1. The second kappa shape index (κ2) is 5.16. The number of hydrogen-bond donors (Lipinski definition) is 0. The Morgan fingerprint density at radius 2 is 1.95 bits per heavy atom. The van der Waals surface area contributed by atoms with E-state index in [2.05, 4.69) is 0 Å². The lowest BCUT2D eigenvalue weighted by atomic mass is 10.1. The van der Waals surface area contributed by atoms with Crippen LogP contribution in [-0.2, 0) is 0 Å². The summed E-state index contributed by atoms with van der Waals surface area (Å²) >= 11 is 0. The van der Waals surface area contributed by atoms with Crippen molar-refractivity contribution >= 4 is 11.6 Å². The van der Waals surface area contributed by atoms with Crippen molar-refractivity contribution in [2.24, 2.45) is 0 Å². The van der Waals surface area contributed by atoms with Crippen LogP contribution in [0.25, 0.3) is 0 Å². The van der Waals surface area contributed by atoms with Gasteiger partial charge in [0.05, 0.1) is 11.7 Å². The van der Waals surface area contributed by atoms with Gasteiger partial charge in [-0.05, 0) is 37.3 Å². The molecular weight excluding hydrogens is 276 g/mol. The summed E-state index contributed by atoms with van der Waals surface area (Å²) in [6.07, 6.45) is 0. The zero-order chi connectivity index (χ0) is 15.0. The number of carbonyl (C=O) groups excluding carboxylic acids is 1. The first kappa shape index (κ1) is 13.5. The molecule has 1 aliphatic heterocycles. The van der Waals surface area contributed by atoms with E-state index in [1.54, 1.807) is 23.1 Å². The van der Waals surface area contributed by atoms with Gasteiger partial charge in [0.25, 0.3) is 5.91 Å². The van der Waals surface area contributed by atoms with Gasteiger partial charge in [0.1, 0.15) is 12.4 Å². The summed E-state index contributed by atoms with van der Waals surface area (Å²) in [6.45, 7) is 2.19. The highest BCUT2D eigenvalue weighted by atomic mass is 19.2. The number of fused-ring (bicyclic) bond motifs is 1. The molecule has 0 saturated heterocycles. The Hall–Kier alpha value is -2.43. The number of amides is 1.